The Bertz CT molecular complexity index is 3580. The van der Waals surface area contributed by atoms with Crippen molar-refractivity contribution >= 4 is 87.6 Å². The van der Waals surface area contributed by atoms with Crippen molar-refractivity contribution in [2.24, 2.45) is 5.92 Å². The van der Waals surface area contributed by atoms with Crippen molar-refractivity contribution in [1.82, 2.24) is 39.9 Å². The average Bonchev–Trinajstić information content (AvgIpc) is 3.95. The van der Waals surface area contributed by atoms with E-state index >= 15 is 0 Å². The third kappa shape index (κ3) is 4.35. The van der Waals surface area contributed by atoms with Gasteiger partial charge in [-0.3, -0.25) is 0 Å². The predicted molar refractivity (Wildman–Crippen MR) is 225 cm³/mol. The number of rotatable bonds is 0. The van der Waals surface area contributed by atoms with Crippen LogP contribution in [0.3, 0.4) is 0 Å². The van der Waals surface area contributed by atoms with E-state index in [9.17, 15) is 0 Å². The molecule has 6 aromatic carbocycles. The molecule has 3 aromatic heterocycles. The molecule has 0 spiro atoms. The molecule has 8 heteroatoms. The van der Waals surface area contributed by atoms with E-state index in [0.717, 1.165) is 82.6 Å². The average molecular weight is 717 g/mol. The van der Waals surface area contributed by atoms with Crippen molar-refractivity contribution in [3.05, 3.63) is 157 Å². The zero-order valence-corrected chi connectivity index (χ0v) is 29.7. The topological polar surface area (TPSA) is 109 Å². The maximum Gasteiger partial charge on any atom is 0.164 e. The first-order valence-electron chi connectivity index (χ1n) is 18.9. The molecule has 4 aliphatic rings. The molecule has 260 valence electrons. The summed E-state index contributed by atoms with van der Waals surface area (Å²) in [6.45, 7) is 0. The van der Waals surface area contributed by atoms with Crippen LogP contribution < -0.4 is 0 Å². The highest BCUT2D eigenvalue weighted by Crippen LogP contribution is 2.43. The summed E-state index contributed by atoms with van der Waals surface area (Å²) in [4.78, 5) is 39.0. The molecule has 8 nitrogen and oxygen atoms in total. The van der Waals surface area contributed by atoms with E-state index in [1.807, 2.05) is 0 Å². The van der Waals surface area contributed by atoms with Crippen LogP contribution in [0.15, 0.2) is 145 Å². The molecule has 1 unspecified atom stereocenters. The number of aromatic amines is 2. The summed E-state index contributed by atoms with van der Waals surface area (Å²) in [5, 5.41) is 10.5. The molecule has 13 rings (SSSR count). The first-order valence-corrected chi connectivity index (χ1v) is 18.9. The van der Waals surface area contributed by atoms with Gasteiger partial charge in [0.05, 0.1) is 0 Å². The molecule has 2 aliphatic carbocycles. The van der Waals surface area contributed by atoms with Crippen LogP contribution in [0.2, 0.25) is 0 Å². The number of aromatic nitrogens is 8. The first kappa shape index (κ1) is 29.8. The number of nitrogens with zero attached hydrogens (tertiary/aromatic N) is 6. The summed E-state index contributed by atoms with van der Waals surface area (Å²) < 4.78 is 0. The van der Waals surface area contributed by atoms with Crippen molar-refractivity contribution in [3.63, 3.8) is 0 Å². The summed E-state index contributed by atoms with van der Waals surface area (Å²) in [7, 11) is 0. The van der Waals surface area contributed by atoms with Crippen LogP contribution >= 0.6 is 0 Å². The molecule has 2 N–H and O–H groups in total. The highest BCUT2D eigenvalue weighted by molar-refractivity contribution is 6.13. The largest absolute Gasteiger partial charge is 0.324 e. The number of hydrogen-bond donors (Lipinski definition) is 2. The fourth-order valence-electron chi connectivity index (χ4n) is 8.88. The number of benzene rings is 6. The van der Waals surface area contributed by atoms with Gasteiger partial charge < -0.3 is 9.97 Å². The van der Waals surface area contributed by atoms with E-state index in [0.29, 0.717) is 45.9 Å². The molecule has 5 heterocycles. The minimum absolute atomic E-state index is 0.243. The van der Waals surface area contributed by atoms with E-state index in [-0.39, 0.29) is 5.92 Å². The van der Waals surface area contributed by atoms with Gasteiger partial charge in [0.1, 0.15) is 22.6 Å². The second kappa shape index (κ2) is 11.0. The number of nitrogens with one attached hydrogen (secondary N) is 2. The van der Waals surface area contributed by atoms with Crippen LogP contribution in [0.25, 0.3) is 110 Å². The fraction of sp³-hybridized carbons (Fsp3) is 0.0417. The predicted octanol–water partition coefficient (Wildman–Crippen LogP) is 11.0. The van der Waals surface area contributed by atoms with Crippen molar-refractivity contribution in [1.29, 1.82) is 0 Å². The standard InChI is InChI=1S/C48H28N8/c1-2-10-26-18-34-33(17-25(26)9-1)41-49-42(34)54-44-37-21-29-13-5-6-14-30(29)22-38(37)46(51-44)56-48-40-24-32-16-8-7-15-31(32)23-39(40)47(52-48)55-45-36-20-28-12-4-3-11-27(28)19-35(36)43(50-45)53-41/h1-23,32H,24H2,(H2,49,50,51,52,53,54,55,56). The summed E-state index contributed by atoms with van der Waals surface area (Å²) in [6, 6.07) is 38.3. The summed E-state index contributed by atoms with van der Waals surface area (Å²) in [5.41, 5.74) is 7.91. The lowest BCUT2D eigenvalue weighted by atomic mass is 9.81. The van der Waals surface area contributed by atoms with Crippen molar-refractivity contribution < 1.29 is 0 Å². The maximum atomic E-state index is 5.36. The summed E-state index contributed by atoms with van der Waals surface area (Å²) in [6.07, 6.45) is 11.7. The minimum Gasteiger partial charge on any atom is -0.324 e. The van der Waals surface area contributed by atoms with Gasteiger partial charge in [-0.2, -0.15) is 0 Å². The van der Waals surface area contributed by atoms with Gasteiger partial charge in [0.15, 0.2) is 23.3 Å². The van der Waals surface area contributed by atoms with E-state index in [1.54, 1.807) is 0 Å². The van der Waals surface area contributed by atoms with Gasteiger partial charge in [-0.15, -0.1) is 0 Å². The molecular formula is C48H28N8. The molecule has 0 saturated heterocycles. The second-order valence-electron chi connectivity index (χ2n) is 14.9. The second-order valence-corrected chi connectivity index (χ2v) is 14.9. The van der Waals surface area contributed by atoms with Crippen molar-refractivity contribution in [3.8, 4) is 22.8 Å². The molecule has 0 saturated carbocycles. The Morgan fingerprint density at radius 1 is 0.446 bits per heavy atom. The van der Waals surface area contributed by atoms with Gasteiger partial charge in [0.25, 0.3) is 0 Å². The third-order valence-electron chi connectivity index (χ3n) is 11.7. The lowest BCUT2D eigenvalue weighted by Gasteiger charge is -2.22. The smallest absolute Gasteiger partial charge is 0.164 e. The molecule has 9 aromatic rings. The molecule has 0 fully saturated rings. The quantitative estimate of drug-likeness (QED) is 0.162. The number of allylic oxidation sites excluding steroid dienone is 8. The zero-order valence-electron chi connectivity index (χ0n) is 29.7. The Hall–Kier alpha value is -7.58. The van der Waals surface area contributed by atoms with Gasteiger partial charge in [0.2, 0.25) is 0 Å². The van der Waals surface area contributed by atoms with Gasteiger partial charge in [-0.25, -0.2) is 29.9 Å². The molecule has 0 amide bonds. The lowest BCUT2D eigenvalue weighted by Crippen LogP contribution is -2.08. The van der Waals surface area contributed by atoms with E-state index < -0.39 is 0 Å². The maximum absolute atomic E-state index is 5.36. The Morgan fingerprint density at radius 3 is 1.38 bits per heavy atom. The molecule has 8 bridgehead atoms. The monoisotopic (exact) mass is 716 g/mol. The Labute approximate surface area is 318 Å². The Balaban J connectivity index is 1.22. The van der Waals surface area contributed by atoms with E-state index in [2.05, 4.69) is 150 Å². The van der Waals surface area contributed by atoms with Crippen LogP contribution in [-0.4, -0.2) is 39.9 Å². The van der Waals surface area contributed by atoms with Gasteiger partial charge >= 0.3 is 0 Å². The molecule has 1 atom stereocenters. The van der Waals surface area contributed by atoms with Crippen LogP contribution in [0.4, 0.5) is 0 Å². The lowest BCUT2D eigenvalue weighted by molar-refractivity contribution is 0.793. The van der Waals surface area contributed by atoms with Crippen LogP contribution in [0.1, 0.15) is 18.1 Å². The third-order valence-corrected chi connectivity index (χ3v) is 11.7. The Morgan fingerprint density at radius 2 is 0.875 bits per heavy atom. The first-order chi connectivity index (χ1) is 27.7. The molecule has 0 radical (unpaired) electrons. The van der Waals surface area contributed by atoms with Crippen molar-refractivity contribution in [2.45, 2.75) is 6.42 Å². The Kier molecular flexibility index (Phi) is 5.85. The zero-order chi connectivity index (χ0) is 36.5. The normalized spacial score (nSPS) is 15.9. The van der Waals surface area contributed by atoms with Gasteiger partial charge in [-0.05, 0) is 86.8 Å². The van der Waals surface area contributed by atoms with Gasteiger partial charge in [-0.1, -0.05) is 97.1 Å². The summed E-state index contributed by atoms with van der Waals surface area (Å²) >= 11 is 0. The number of fused-ring (bicyclic) bond motifs is 23. The number of hydrogen-bond acceptors (Lipinski definition) is 6. The molecule has 56 heavy (non-hydrogen) atoms. The van der Waals surface area contributed by atoms with Gasteiger partial charge in [0, 0.05) is 49.7 Å². The van der Waals surface area contributed by atoms with Crippen LogP contribution in [-0.2, 0) is 0 Å². The van der Waals surface area contributed by atoms with Crippen LogP contribution in [0.5, 0.6) is 0 Å². The van der Waals surface area contributed by atoms with E-state index in [4.69, 9.17) is 29.9 Å². The highest BCUT2D eigenvalue weighted by atomic mass is 15.1. The van der Waals surface area contributed by atoms with Crippen molar-refractivity contribution in [2.75, 3.05) is 0 Å². The SMILES string of the molecule is C1=CC2=CC3=C(CC2C=C1)c1nc3nc2[nH]c(nc3nc(nc4[nH]c(n1)c1cc5ccccc5cc41)-c1cc4ccccc4cc1-3)c1cc3ccccc3cc21. The minimum atomic E-state index is 0.243. The fourth-order valence-corrected chi connectivity index (χ4v) is 8.88. The number of H-pyrrole nitrogens is 2. The van der Waals surface area contributed by atoms with Crippen LogP contribution in [0, 0.1) is 5.92 Å². The molecular weight excluding hydrogens is 689 g/mol. The highest BCUT2D eigenvalue weighted by Gasteiger charge is 2.30. The van der Waals surface area contributed by atoms with E-state index in [1.165, 1.54) is 5.57 Å². The molecule has 2 aliphatic heterocycles. The summed E-state index contributed by atoms with van der Waals surface area (Å²) in [5.74, 6) is 2.70.